The van der Waals surface area contributed by atoms with Crippen LogP contribution in [0.3, 0.4) is 0 Å². The lowest BCUT2D eigenvalue weighted by atomic mass is 9.74. The second kappa shape index (κ2) is 8.12. The largest absolute Gasteiger partial charge is 0.207 e. The fraction of sp³-hybridized carbons (Fsp3) is 0.478. The molecule has 25 heavy (non-hydrogen) atoms. The Kier molecular flexibility index (Phi) is 5.88. The highest BCUT2D eigenvalue weighted by atomic mass is 19.1. The quantitative estimate of drug-likeness (QED) is 0.547. The van der Waals surface area contributed by atoms with Gasteiger partial charge in [0, 0.05) is 5.56 Å². The highest BCUT2D eigenvalue weighted by Crippen LogP contribution is 2.36. The molecule has 3 rings (SSSR count). The molecule has 134 valence electrons. The first kappa shape index (κ1) is 18.1. The molecule has 2 heteroatoms. The second-order valence-corrected chi connectivity index (χ2v) is 7.69. The maximum absolute atomic E-state index is 14.5. The van der Waals surface area contributed by atoms with Crippen molar-refractivity contribution < 1.29 is 8.78 Å². The number of hydrogen-bond acceptors (Lipinski definition) is 0. The van der Waals surface area contributed by atoms with Crippen molar-refractivity contribution in [2.75, 3.05) is 0 Å². The molecule has 0 spiro atoms. The van der Waals surface area contributed by atoms with Crippen molar-refractivity contribution in [2.24, 2.45) is 17.8 Å². The number of rotatable bonds is 5. The zero-order chi connectivity index (χ0) is 17.8. The maximum Gasteiger partial charge on any atom is 0.131 e. The highest BCUT2D eigenvalue weighted by molar-refractivity contribution is 5.64. The van der Waals surface area contributed by atoms with Gasteiger partial charge in [0.25, 0.3) is 0 Å². The lowest BCUT2D eigenvalue weighted by Gasteiger charge is -2.32. The number of halogens is 2. The van der Waals surface area contributed by atoms with Crippen molar-refractivity contribution in [3.8, 4) is 11.1 Å². The van der Waals surface area contributed by atoms with E-state index >= 15 is 0 Å². The van der Waals surface area contributed by atoms with Crippen LogP contribution in [0.2, 0.25) is 0 Å². The van der Waals surface area contributed by atoms with E-state index in [1.165, 1.54) is 44.2 Å². The Morgan fingerprint density at radius 3 is 2.24 bits per heavy atom. The standard InChI is InChI=1S/C23H28F2/c1-3-17-4-7-19(8-5-17)16(2)14-18-6-13-22(23(25)15-18)20-9-11-21(24)12-10-20/h6,9-13,15-17,19H,3-5,7-8,14H2,1-2H3. The third-order valence-electron chi connectivity index (χ3n) is 6.02. The predicted molar refractivity (Wildman–Crippen MR) is 100 cm³/mol. The van der Waals surface area contributed by atoms with Gasteiger partial charge in [0.05, 0.1) is 0 Å². The summed E-state index contributed by atoms with van der Waals surface area (Å²) in [6, 6.07) is 11.5. The minimum Gasteiger partial charge on any atom is -0.207 e. The molecule has 1 saturated carbocycles. The van der Waals surface area contributed by atoms with E-state index < -0.39 is 0 Å². The number of hydrogen-bond donors (Lipinski definition) is 0. The van der Waals surface area contributed by atoms with Gasteiger partial charge in [-0.15, -0.1) is 0 Å². The van der Waals surface area contributed by atoms with E-state index in [1.54, 1.807) is 18.2 Å². The normalized spacial score (nSPS) is 21.9. The molecule has 0 nitrogen and oxygen atoms in total. The fourth-order valence-corrected chi connectivity index (χ4v) is 4.25. The summed E-state index contributed by atoms with van der Waals surface area (Å²) in [5.41, 5.74) is 2.32. The highest BCUT2D eigenvalue weighted by Gasteiger charge is 2.24. The summed E-state index contributed by atoms with van der Waals surface area (Å²) in [5, 5.41) is 0. The van der Waals surface area contributed by atoms with Gasteiger partial charge in [-0.25, -0.2) is 8.78 Å². The summed E-state index contributed by atoms with van der Waals surface area (Å²) in [5.74, 6) is 1.76. The van der Waals surface area contributed by atoms with Crippen LogP contribution < -0.4 is 0 Å². The molecule has 1 atom stereocenters. The predicted octanol–water partition coefficient (Wildman–Crippen LogP) is 7.03. The maximum atomic E-state index is 14.5. The van der Waals surface area contributed by atoms with Gasteiger partial charge in [0.2, 0.25) is 0 Å². The molecule has 0 N–H and O–H groups in total. The van der Waals surface area contributed by atoms with Crippen LogP contribution in [0.5, 0.6) is 0 Å². The molecular weight excluding hydrogens is 314 g/mol. The van der Waals surface area contributed by atoms with Crippen LogP contribution in [0.15, 0.2) is 42.5 Å². The molecule has 2 aromatic rings. The van der Waals surface area contributed by atoms with E-state index in [-0.39, 0.29) is 11.6 Å². The lowest BCUT2D eigenvalue weighted by molar-refractivity contribution is 0.210. The Hall–Kier alpha value is -1.70. The van der Waals surface area contributed by atoms with Gasteiger partial charge >= 0.3 is 0 Å². The van der Waals surface area contributed by atoms with Crippen LogP contribution in [-0.4, -0.2) is 0 Å². The number of benzene rings is 2. The average molecular weight is 342 g/mol. The molecule has 0 aromatic heterocycles. The van der Waals surface area contributed by atoms with Crippen molar-refractivity contribution in [1.29, 1.82) is 0 Å². The smallest absolute Gasteiger partial charge is 0.131 e. The van der Waals surface area contributed by atoms with E-state index in [0.29, 0.717) is 11.5 Å². The molecule has 0 bridgehead atoms. The molecule has 0 heterocycles. The minimum absolute atomic E-state index is 0.217. The van der Waals surface area contributed by atoms with Gasteiger partial charge in [0.15, 0.2) is 0 Å². The molecule has 2 aromatic carbocycles. The third-order valence-corrected chi connectivity index (χ3v) is 6.02. The molecule has 1 unspecified atom stereocenters. The van der Waals surface area contributed by atoms with Gasteiger partial charge in [-0.1, -0.05) is 57.4 Å². The van der Waals surface area contributed by atoms with Crippen LogP contribution in [0.25, 0.3) is 11.1 Å². The van der Waals surface area contributed by atoms with E-state index in [9.17, 15) is 8.78 Å². The summed E-state index contributed by atoms with van der Waals surface area (Å²) < 4.78 is 27.6. The average Bonchev–Trinajstić information content (AvgIpc) is 2.63. The van der Waals surface area contributed by atoms with Gasteiger partial charge in [0.1, 0.15) is 11.6 Å². The second-order valence-electron chi connectivity index (χ2n) is 7.69. The van der Waals surface area contributed by atoms with Crippen LogP contribution >= 0.6 is 0 Å². The van der Waals surface area contributed by atoms with E-state index in [1.807, 2.05) is 12.1 Å². The van der Waals surface area contributed by atoms with Gasteiger partial charge < -0.3 is 0 Å². The van der Waals surface area contributed by atoms with Crippen molar-refractivity contribution in [3.05, 3.63) is 59.7 Å². The SMILES string of the molecule is CCC1CCC(C(C)Cc2ccc(-c3ccc(F)cc3)c(F)c2)CC1. The van der Waals surface area contributed by atoms with Crippen LogP contribution in [0.1, 0.15) is 51.5 Å². The van der Waals surface area contributed by atoms with Gasteiger partial charge in [-0.05, 0) is 66.3 Å². The molecule has 1 aliphatic rings. The van der Waals surface area contributed by atoms with E-state index in [2.05, 4.69) is 13.8 Å². The molecule has 0 radical (unpaired) electrons. The lowest BCUT2D eigenvalue weighted by Crippen LogP contribution is -2.21. The first-order valence-electron chi connectivity index (χ1n) is 9.61. The molecular formula is C23H28F2. The van der Waals surface area contributed by atoms with Crippen LogP contribution in [-0.2, 0) is 6.42 Å². The molecule has 0 aliphatic heterocycles. The Morgan fingerprint density at radius 1 is 0.960 bits per heavy atom. The summed E-state index contributed by atoms with van der Waals surface area (Å²) in [6.45, 7) is 4.60. The first-order chi connectivity index (χ1) is 12.1. The zero-order valence-corrected chi connectivity index (χ0v) is 15.3. The zero-order valence-electron chi connectivity index (χ0n) is 15.3. The van der Waals surface area contributed by atoms with Gasteiger partial charge in [-0.3, -0.25) is 0 Å². The Morgan fingerprint density at radius 2 is 1.64 bits per heavy atom. The summed E-state index contributed by atoms with van der Waals surface area (Å²) in [7, 11) is 0. The van der Waals surface area contributed by atoms with Crippen LogP contribution in [0.4, 0.5) is 8.78 Å². The van der Waals surface area contributed by atoms with Gasteiger partial charge in [-0.2, -0.15) is 0 Å². The summed E-state index contributed by atoms with van der Waals surface area (Å²) in [4.78, 5) is 0. The third kappa shape index (κ3) is 4.48. The van der Waals surface area contributed by atoms with Crippen molar-refractivity contribution in [1.82, 2.24) is 0 Å². The Balaban J connectivity index is 1.65. The molecule has 1 aliphatic carbocycles. The fourth-order valence-electron chi connectivity index (χ4n) is 4.25. The minimum atomic E-state index is -0.299. The monoisotopic (exact) mass is 342 g/mol. The first-order valence-corrected chi connectivity index (χ1v) is 9.61. The topological polar surface area (TPSA) is 0 Å². The van der Waals surface area contributed by atoms with Crippen molar-refractivity contribution in [2.45, 2.75) is 52.4 Å². The molecule has 1 fully saturated rings. The Labute approximate surface area is 150 Å². The van der Waals surface area contributed by atoms with E-state index in [4.69, 9.17) is 0 Å². The summed E-state index contributed by atoms with van der Waals surface area (Å²) in [6.07, 6.45) is 7.57. The molecule has 0 saturated heterocycles. The summed E-state index contributed by atoms with van der Waals surface area (Å²) >= 11 is 0. The van der Waals surface area contributed by atoms with Crippen molar-refractivity contribution in [3.63, 3.8) is 0 Å². The van der Waals surface area contributed by atoms with Crippen LogP contribution in [0, 0.1) is 29.4 Å². The Bertz CT molecular complexity index is 682. The molecule has 0 amide bonds. The van der Waals surface area contributed by atoms with E-state index in [0.717, 1.165) is 29.4 Å². The van der Waals surface area contributed by atoms with Crippen molar-refractivity contribution >= 4 is 0 Å².